The van der Waals surface area contributed by atoms with E-state index in [2.05, 4.69) is 15.9 Å². The van der Waals surface area contributed by atoms with Gasteiger partial charge in [-0.3, -0.25) is 0 Å². The van der Waals surface area contributed by atoms with Crippen LogP contribution in [-0.2, 0) is 6.42 Å². The second kappa shape index (κ2) is 6.08. The molecular weight excluding hydrogens is 354 g/mol. The lowest BCUT2D eigenvalue weighted by Gasteiger charge is -2.02. The van der Waals surface area contributed by atoms with Crippen molar-refractivity contribution in [3.05, 3.63) is 81.1 Å². The summed E-state index contributed by atoms with van der Waals surface area (Å²) in [6.45, 7) is 0. The summed E-state index contributed by atoms with van der Waals surface area (Å²) in [5.74, 6) is -0.459. The van der Waals surface area contributed by atoms with Crippen molar-refractivity contribution in [3.8, 4) is 10.4 Å². The van der Waals surface area contributed by atoms with Gasteiger partial charge in [-0.25, -0.2) is 8.78 Å². The fourth-order valence-corrected chi connectivity index (χ4v) is 3.57. The standard InChI is InChI=1S/C17H11BrF2S/c18-13-4-6-16(20)12(8-13)10-15-5-7-17(21-15)11-2-1-3-14(19)9-11/h1-9H,10H2. The Morgan fingerprint density at radius 3 is 2.62 bits per heavy atom. The molecule has 1 aromatic heterocycles. The van der Waals surface area contributed by atoms with Crippen LogP contribution in [0.5, 0.6) is 0 Å². The van der Waals surface area contributed by atoms with E-state index in [9.17, 15) is 8.78 Å². The van der Waals surface area contributed by atoms with Crippen molar-refractivity contribution in [1.82, 2.24) is 0 Å². The highest BCUT2D eigenvalue weighted by Gasteiger charge is 2.08. The van der Waals surface area contributed by atoms with E-state index >= 15 is 0 Å². The van der Waals surface area contributed by atoms with E-state index in [1.807, 2.05) is 18.2 Å². The van der Waals surface area contributed by atoms with Gasteiger partial charge in [0.25, 0.3) is 0 Å². The van der Waals surface area contributed by atoms with E-state index in [0.29, 0.717) is 12.0 Å². The van der Waals surface area contributed by atoms with Crippen molar-refractivity contribution < 1.29 is 8.78 Å². The maximum atomic E-state index is 13.8. The molecule has 0 radical (unpaired) electrons. The molecule has 0 atom stereocenters. The second-order valence-corrected chi connectivity index (χ2v) is 6.77. The molecule has 0 aliphatic rings. The van der Waals surface area contributed by atoms with Gasteiger partial charge in [0.15, 0.2) is 0 Å². The molecule has 106 valence electrons. The molecule has 4 heteroatoms. The Bertz CT molecular complexity index is 780. The third-order valence-electron chi connectivity index (χ3n) is 3.14. The zero-order valence-corrected chi connectivity index (χ0v) is 13.3. The molecule has 0 aliphatic heterocycles. The van der Waals surface area contributed by atoms with Crippen molar-refractivity contribution in [3.63, 3.8) is 0 Å². The van der Waals surface area contributed by atoms with Crippen molar-refractivity contribution in [2.24, 2.45) is 0 Å². The van der Waals surface area contributed by atoms with Gasteiger partial charge in [0, 0.05) is 20.6 Å². The smallest absolute Gasteiger partial charge is 0.126 e. The Kier molecular flexibility index (Phi) is 4.17. The molecule has 0 saturated heterocycles. The van der Waals surface area contributed by atoms with E-state index in [-0.39, 0.29) is 11.6 Å². The average Bonchev–Trinajstić information content (AvgIpc) is 2.91. The van der Waals surface area contributed by atoms with E-state index < -0.39 is 0 Å². The van der Waals surface area contributed by atoms with Gasteiger partial charge >= 0.3 is 0 Å². The molecule has 1 heterocycles. The number of hydrogen-bond acceptors (Lipinski definition) is 1. The topological polar surface area (TPSA) is 0 Å². The molecule has 0 amide bonds. The number of rotatable bonds is 3. The van der Waals surface area contributed by atoms with E-state index in [0.717, 1.165) is 19.8 Å². The SMILES string of the molecule is Fc1cccc(-c2ccc(Cc3cc(Br)ccc3F)s2)c1. The number of thiophene rings is 1. The van der Waals surface area contributed by atoms with Gasteiger partial charge in [0.05, 0.1) is 0 Å². The molecule has 0 unspecified atom stereocenters. The zero-order valence-electron chi connectivity index (χ0n) is 10.9. The summed E-state index contributed by atoms with van der Waals surface area (Å²) in [6.07, 6.45) is 0.533. The first kappa shape index (κ1) is 14.4. The largest absolute Gasteiger partial charge is 0.207 e. The molecule has 0 spiro atoms. The zero-order chi connectivity index (χ0) is 14.8. The van der Waals surface area contributed by atoms with Crippen molar-refractivity contribution in [1.29, 1.82) is 0 Å². The van der Waals surface area contributed by atoms with E-state index in [1.165, 1.54) is 18.2 Å². The summed E-state index contributed by atoms with van der Waals surface area (Å²) < 4.78 is 27.9. The highest BCUT2D eigenvalue weighted by atomic mass is 79.9. The summed E-state index contributed by atoms with van der Waals surface area (Å²) in [5.41, 5.74) is 1.50. The van der Waals surface area contributed by atoms with Crippen LogP contribution >= 0.6 is 27.3 Å². The Labute approximate surface area is 134 Å². The molecule has 3 aromatic rings. The molecule has 0 nitrogen and oxygen atoms in total. The van der Waals surface area contributed by atoms with Crippen LogP contribution in [0, 0.1) is 11.6 Å². The quantitative estimate of drug-likeness (QED) is 0.530. The molecule has 21 heavy (non-hydrogen) atoms. The average molecular weight is 365 g/mol. The summed E-state index contributed by atoms with van der Waals surface area (Å²) in [6, 6.07) is 15.3. The molecular formula is C17H11BrF2S. The Morgan fingerprint density at radius 1 is 0.952 bits per heavy atom. The van der Waals surface area contributed by atoms with Gasteiger partial charge in [0.2, 0.25) is 0 Å². The Hall–Kier alpha value is -1.52. The molecule has 0 N–H and O–H groups in total. The van der Waals surface area contributed by atoms with Crippen LogP contribution in [0.1, 0.15) is 10.4 Å². The molecule has 2 aromatic carbocycles. The third-order valence-corrected chi connectivity index (χ3v) is 4.77. The molecule has 0 aliphatic carbocycles. The fourth-order valence-electron chi connectivity index (χ4n) is 2.14. The van der Waals surface area contributed by atoms with E-state index in [1.54, 1.807) is 29.5 Å². The predicted octanol–water partition coefficient (Wildman–Crippen LogP) is 6.05. The van der Waals surface area contributed by atoms with Gasteiger partial charge in [-0.2, -0.15) is 0 Å². The Morgan fingerprint density at radius 2 is 1.81 bits per heavy atom. The second-order valence-electron chi connectivity index (χ2n) is 4.69. The lowest BCUT2D eigenvalue weighted by atomic mass is 10.1. The minimum absolute atomic E-state index is 0.209. The minimum Gasteiger partial charge on any atom is -0.207 e. The van der Waals surface area contributed by atoms with Crippen LogP contribution in [0.4, 0.5) is 8.78 Å². The number of benzene rings is 2. The van der Waals surface area contributed by atoms with Crippen LogP contribution in [0.15, 0.2) is 59.1 Å². The summed E-state index contributed by atoms with van der Waals surface area (Å²) in [4.78, 5) is 2.03. The molecule has 0 bridgehead atoms. The lowest BCUT2D eigenvalue weighted by molar-refractivity contribution is 0.614. The molecule has 3 rings (SSSR count). The van der Waals surface area contributed by atoms with Crippen molar-refractivity contribution in [2.45, 2.75) is 6.42 Å². The van der Waals surface area contributed by atoms with Crippen LogP contribution in [0.25, 0.3) is 10.4 Å². The maximum absolute atomic E-state index is 13.8. The van der Waals surface area contributed by atoms with Crippen LogP contribution in [0.2, 0.25) is 0 Å². The van der Waals surface area contributed by atoms with Gasteiger partial charge in [-0.15, -0.1) is 11.3 Å². The highest BCUT2D eigenvalue weighted by molar-refractivity contribution is 9.10. The first-order valence-electron chi connectivity index (χ1n) is 6.40. The van der Waals surface area contributed by atoms with Gasteiger partial charge in [0.1, 0.15) is 11.6 Å². The van der Waals surface area contributed by atoms with Gasteiger partial charge in [-0.1, -0.05) is 28.1 Å². The van der Waals surface area contributed by atoms with Crippen LogP contribution < -0.4 is 0 Å². The van der Waals surface area contributed by atoms with Crippen molar-refractivity contribution >= 4 is 27.3 Å². The predicted molar refractivity (Wildman–Crippen MR) is 86.6 cm³/mol. The molecule has 0 fully saturated rings. The molecule has 0 saturated carbocycles. The highest BCUT2D eigenvalue weighted by Crippen LogP contribution is 2.30. The number of hydrogen-bond donors (Lipinski definition) is 0. The monoisotopic (exact) mass is 364 g/mol. The summed E-state index contributed by atoms with van der Waals surface area (Å²) in [7, 11) is 0. The fraction of sp³-hybridized carbons (Fsp3) is 0.0588. The van der Waals surface area contributed by atoms with Crippen molar-refractivity contribution in [2.75, 3.05) is 0 Å². The number of halogens is 3. The minimum atomic E-state index is -0.250. The first-order chi connectivity index (χ1) is 10.1. The third kappa shape index (κ3) is 3.39. The maximum Gasteiger partial charge on any atom is 0.126 e. The van der Waals surface area contributed by atoms with Gasteiger partial charge in [-0.05, 0) is 53.6 Å². The van der Waals surface area contributed by atoms with Crippen LogP contribution in [-0.4, -0.2) is 0 Å². The first-order valence-corrected chi connectivity index (χ1v) is 8.01. The normalized spacial score (nSPS) is 10.8. The van der Waals surface area contributed by atoms with Gasteiger partial charge < -0.3 is 0 Å². The summed E-state index contributed by atoms with van der Waals surface area (Å²) >= 11 is 4.91. The Balaban J connectivity index is 1.87. The van der Waals surface area contributed by atoms with Crippen LogP contribution in [0.3, 0.4) is 0 Å². The summed E-state index contributed by atoms with van der Waals surface area (Å²) in [5, 5.41) is 0. The van der Waals surface area contributed by atoms with E-state index in [4.69, 9.17) is 0 Å². The lowest BCUT2D eigenvalue weighted by Crippen LogP contribution is -1.90.